The molecule has 2 heterocycles. The zero-order chi connectivity index (χ0) is 20.1. The molecule has 1 atom stereocenters. The molecule has 1 saturated heterocycles. The lowest BCUT2D eigenvalue weighted by atomic mass is 10.1. The van der Waals surface area contributed by atoms with Gasteiger partial charge in [-0.25, -0.2) is 4.98 Å². The van der Waals surface area contributed by atoms with Crippen molar-refractivity contribution in [3.63, 3.8) is 0 Å². The van der Waals surface area contributed by atoms with Gasteiger partial charge in [-0.3, -0.25) is 4.79 Å². The number of H-pyrrole nitrogens is 1. The first-order valence-electron chi connectivity index (χ1n) is 9.91. The second-order valence-corrected chi connectivity index (χ2v) is 7.07. The minimum Gasteiger partial charge on any atom is -0.497 e. The van der Waals surface area contributed by atoms with Crippen LogP contribution < -0.4 is 9.47 Å². The number of hydrogen-bond donors (Lipinski definition) is 1. The van der Waals surface area contributed by atoms with Crippen LogP contribution in [0.1, 0.15) is 31.1 Å². The van der Waals surface area contributed by atoms with Crippen molar-refractivity contribution in [1.29, 1.82) is 0 Å². The van der Waals surface area contributed by atoms with Gasteiger partial charge in [-0.15, -0.1) is 0 Å². The third-order valence-electron chi connectivity index (χ3n) is 5.19. The van der Waals surface area contributed by atoms with Gasteiger partial charge in [0.25, 0.3) is 0 Å². The van der Waals surface area contributed by atoms with E-state index in [1.54, 1.807) is 7.11 Å². The lowest BCUT2D eigenvalue weighted by molar-refractivity contribution is -0.132. The zero-order valence-corrected chi connectivity index (χ0v) is 16.5. The lowest BCUT2D eigenvalue weighted by Crippen LogP contribution is -2.32. The molecule has 2 aromatic carbocycles. The summed E-state index contributed by atoms with van der Waals surface area (Å²) in [7, 11) is 1.65. The highest BCUT2D eigenvalue weighted by molar-refractivity contribution is 5.77. The van der Waals surface area contributed by atoms with Crippen LogP contribution in [0.2, 0.25) is 0 Å². The molecule has 3 aromatic rings. The van der Waals surface area contributed by atoms with E-state index in [9.17, 15) is 4.79 Å². The molecule has 6 nitrogen and oxygen atoms in total. The molecule has 0 aliphatic carbocycles. The Kier molecular flexibility index (Phi) is 5.79. The number of amides is 1. The fourth-order valence-corrected chi connectivity index (χ4v) is 3.71. The molecule has 1 amide bonds. The molecule has 0 unspecified atom stereocenters. The molecule has 0 radical (unpaired) electrons. The minimum absolute atomic E-state index is 0.0152. The standard InChI is InChI=1S/C23H25N3O3/c1-28-19-10-5-7-17(15-19)20-16-24-23(25-20)21-11-6-13-26(21)22(27)12-14-29-18-8-3-2-4-9-18/h2-5,7-10,15-16,21H,6,11-14H2,1H3,(H,24,25)/t21-/m1/s1. The van der Waals surface area contributed by atoms with Crippen molar-refractivity contribution in [3.05, 3.63) is 66.6 Å². The highest BCUT2D eigenvalue weighted by atomic mass is 16.5. The van der Waals surface area contributed by atoms with Crippen LogP contribution >= 0.6 is 0 Å². The largest absolute Gasteiger partial charge is 0.497 e. The Balaban J connectivity index is 1.40. The summed E-state index contributed by atoms with van der Waals surface area (Å²) in [5.74, 6) is 2.52. The molecule has 1 N–H and O–H groups in total. The van der Waals surface area contributed by atoms with E-state index < -0.39 is 0 Å². The quantitative estimate of drug-likeness (QED) is 0.655. The average molecular weight is 391 g/mol. The maximum atomic E-state index is 12.8. The third-order valence-corrected chi connectivity index (χ3v) is 5.19. The van der Waals surface area contributed by atoms with Crippen LogP contribution in [0.4, 0.5) is 0 Å². The number of ether oxygens (including phenoxy) is 2. The molecule has 6 heteroatoms. The van der Waals surface area contributed by atoms with Crippen LogP contribution in [-0.2, 0) is 4.79 Å². The first-order chi connectivity index (χ1) is 14.2. The number of likely N-dealkylation sites (tertiary alicyclic amines) is 1. The van der Waals surface area contributed by atoms with E-state index in [4.69, 9.17) is 9.47 Å². The number of benzene rings is 2. The summed E-state index contributed by atoms with van der Waals surface area (Å²) in [5, 5.41) is 0. The Morgan fingerprint density at radius 2 is 2.00 bits per heavy atom. The normalized spacial score (nSPS) is 16.0. The summed E-state index contributed by atoms with van der Waals surface area (Å²) in [5.41, 5.74) is 1.93. The molecule has 1 aromatic heterocycles. The Morgan fingerprint density at radius 1 is 1.17 bits per heavy atom. The van der Waals surface area contributed by atoms with E-state index in [1.165, 1.54) is 0 Å². The van der Waals surface area contributed by atoms with Gasteiger partial charge in [-0.1, -0.05) is 30.3 Å². The summed E-state index contributed by atoms with van der Waals surface area (Å²) in [4.78, 5) is 22.7. The van der Waals surface area contributed by atoms with Gasteiger partial charge in [0.05, 0.1) is 38.1 Å². The number of hydrogen-bond acceptors (Lipinski definition) is 4. The summed E-state index contributed by atoms with van der Waals surface area (Å²) >= 11 is 0. The molecule has 1 fully saturated rings. The van der Waals surface area contributed by atoms with Crippen molar-refractivity contribution in [1.82, 2.24) is 14.9 Å². The first-order valence-corrected chi connectivity index (χ1v) is 9.91. The van der Waals surface area contributed by atoms with Crippen molar-refractivity contribution in [3.8, 4) is 22.8 Å². The third kappa shape index (κ3) is 4.42. The van der Waals surface area contributed by atoms with Gasteiger partial charge in [0.2, 0.25) is 5.91 Å². The fraction of sp³-hybridized carbons (Fsp3) is 0.304. The second-order valence-electron chi connectivity index (χ2n) is 7.07. The van der Waals surface area contributed by atoms with E-state index in [2.05, 4.69) is 9.97 Å². The van der Waals surface area contributed by atoms with Gasteiger partial charge < -0.3 is 19.4 Å². The molecule has 0 bridgehead atoms. The van der Waals surface area contributed by atoms with Crippen LogP contribution in [0, 0.1) is 0 Å². The molecule has 150 valence electrons. The SMILES string of the molecule is COc1cccc(-c2cnc([C@H]3CCCN3C(=O)CCOc3ccccc3)[nH]2)c1. The van der Waals surface area contributed by atoms with E-state index in [0.29, 0.717) is 13.0 Å². The average Bonchev–Trinajstić information content (AvgIpc) is 3.44. The molecule has 0 spiro atoms. The maximum absolute atomic E-state index is 12.8. The van der Waals surface area contributed by atoms with Crippen molar-refractivity contribution < 1.29 is 14.3 Å². The van der Waals surface area contributed by atoms with E-state index in [-0.39, 0.29) is 11.9 Å². The van der Waals surface area contributed by atoms with E-state index >= 15 is 0 Å². The summed E-state index contributed by atoms with van der Waals surface area (Å²) < 4.78 is 11.0. The van der Waals surface area contributed by atoms with Gasteiger partial charge in [-0.2, -0.15) is 0 Å². The molecule has 1 aliphatic heterocycles. The number of aromatic nitrogens is 2. The summed E-state index contributed by atoms with van der Waals surface area (Å²) in [6.07, 6.45) is 4.07. The highest BCUT2D eigenvalue weighted by Crippen LogP contribution is 2.32. The number of rotatable bonds is 7. The van der Waals surface area contributed by atoms with Crippen LogP contribution in [0.25, 0.3) is 11.3 Å². The number of para-hydroxylation sites is 1. The van der Waals surface area contributed by atoms with Crippen molar-refractivity contribution in [2.45, 2.75) is 25.3 Å². The number of methoxy groups -OCH3 is 1. The van der Waals surface area contributed by atoms with Crippen molar-refractivity contribution >= 4 is 5.91 Å². The summed E-state index contributed by atoms with van der Waals surface area (Å²) in [6.45, 7) is 1.13. The Hall–Kier alpha value is -3.28. The van der Waals surface area contributed by atoms with Crippen molar-refractivity contribution in [2.75, 3.05) is 20.3 Å². The van der Waals surface area contributed by atoms with Gasteiger partial charge in [-0.05, 0) is 37.1 Å². The predicted octanol–water partition coefficient (Wildman–Crippen LogP) is 4.22. The highest BCUT2D eigenvalue weighted by Gasteiger charge is 2.31. The number of nitrogens with one attached hydrogen (secondary N) is 1. The minimum atomic E-state index is -0.0152. The Labute approximate surface area is 170 Å². The number of carbonyl (C=O) groups excluding carboxylic acids is 1. The maximum Gasteiger partial charge on any atom is 0.226 e. The monoisotopic (exact) mass is 391 g/mol. The summed E-state index contributed by atoms with van der Waals surface area (Å²) in [6, 6.07) is 17.4. The molecular weight excluding hydrogens is 366 g/mol. The van der Waals surface area contributed by atoms with Gasteiger partial charge >= 0.3 is 0 Å². The number of imidazole rings is 1. The van der Waals surface area contributed by atoms with Crippen LogP contribution in [0.15, 0.2) is 60.8 Å². The first kappa shape index (κ1) is 19.1. The topological polar surface area (TPSA) is 67.4 Å². The Bertz CT molecular complexity index is 955. The second kappa shape index (κ2) is 8.82. The molecular formula is C23H25N3O3. The molecule has 4 rings (SSSR count). The van der Waals surface area contributed by atoms with E-state index in [1.807, 2.05) is 65.7 Å². The molecule has 29 heavy (non-hydrogen) atoms. The smallest absolute Gasteiger partial charge is 0.226 e. The van der Waals surface area contributed by atoms with Crippen LogP contribution in [-0.4, -0.2) is 41.0 Å². The van der Waals surface area contributed by atoms with E-state index in [0.717, 1.165) is 48.0 Å². The Morgan fingerprint density at radius 3 is 2.83 bits per heavy atom. The van der Waals surface area contributed by atoms with Gasteiger partial charge in [0, 0.05) is 12.1 Å². The zero-order valence-electron chi connectivity index (χ0n) is 16.5. The van der Waals surface area contributed by atoms with Gasteiger partial charge in [0.15, 0.2) is 0 Å². The van der Waals surface area contributed by atoms with Crippen molar-refractivity contribution in [2.24, 2.45) is 0 Å². The molecule has 1 aliphatic rings. The number of aromatic amines is 1. The lowest BCUT2D eigenvalue weighted by Gasteiger charge is -2.23. The number of nitrogens with zero attached hydrogens (tertiary/aromatic N) is 2. The van der Waals surface area contributed by atoms with Crippen LogP contribution in [0.3, 0.4) is 0 Å². The molecule has 0 saturated carbocycles. The van der Waals surface area contributed by atoms with Gasteiger partial charge in [0.1, 0.15) is 17.3 Å². The predicted molar refractivity (Wildman–Crippen MR) is 111 cm³/mol. The number of carbonyl (C=O) groups is 1. The van der Waals surface area contributed by atoms with Crippen LogP contribution in [0.5, 0.6) is 11.5 Å². The fourth-order valence-electron chi connectivity index (χ4n) is 3.71.